The van der Waals surface area contributed by atoms with Crippen LogP contribution in [0.25, 0.3) is 0 Å². The molecule has 0 radical (unpaired) electrons. The fourth-order valence-corrected chi connectivity index (χ4v) is 5.20. The highest BCUT2D eigenvalue weighted by atomic mass is 32.2. The predicted molar refractivity (Wildman–Crippen MR) is 109 cm³/mol. The summed E-state index contributed by atoms with van der Waals surface area (Å²) in [6.45, 7) is 2.23. The van der Waals surface area contributed by atoms with Crippen molar-refractivity contribution in [2.24, 2.45) is 4.99 Å². The zero-order valence-corrected chi connectivity index (χ0v) is 17.3. The first-order valence-corrected chi connectivity index (χ1v) is 11.3. The van der Waals surface area contributed by atoms with Gasteiger partial charge in [0.25, 0.3) is 0 Å². The van der Waals surface area contributed by atoms with E-state index in [4.69, 9.17) is 4.74 Å². The van der Waals surface area contributed by atoms with Gasteiger partial charge in [0.2, 0.25) is 10.0 Å². The maximum atomic E-state index is 12.4. The normalized spacial score (nSPS) is 16.3. The Kier molecular flexibility index (Phi) is 8.05. The van der Waals surface area contributed by atoms with E-state index in [1.807, 2.05) is 36.2 Å². The van der Waals surface area contributed by atoms with Gasteiger partial charge in [-0.15, -0.1) is 0 Å². The molecule has 0 aromatic heterocycles. The van der Waals surface area contributed by atoms with E-state index in [-0.39, 0.29) is 5.75 Å². The molecule has 7 nitrogen and oxygen atoms in total. The van der Waals surface area contributed by atoms with E-state index in [1.54, 1.807) is 30.2 Å². The van der Waals surface area contributed by atoms with Gasteiger partial charge in [0.15, 0.2) is 5.96 Å². The molecular formula is C17H28N4O3S2. The number of sulfonamides is 1. The van der Waals surface area contributed by atoms with Crippen LogP contribution < -0.4 is 10.1 Å². The number of hydrogen-bond donors (Lipinski definition) is 1. The Morgan fingerprint density at radius 3 is 2.54 bits per heavy atom. The van der Waals surface area contributed by atoms with Gasteiger partial charge in [-0.2, -0.15) is 11.8 Å². The number of methoxy groups -OCH3 is 1. The second kappa shape index (κ2) is 10.0. The number of thioether (sulfide) groups is 1. The molecule has 0 atom stereocenters. The maximum Gasteiger partial charge on any atom is 0.215 e. The predicted octanol–water partition coefficient (Wildman–Crippen LogP) is 1.08. The van der Waals surface area contributed by atoms with Gasteiger partial charge in [0.1, 0.15) is 5.75 Å². The van der Waals surface area contributed by atoms with E-state index in [0.29, 0.717) is 32.1 Å². The number of nitrogens with zero attached hydrogens (tertiary/aromatic N) is 3. The molecule has 0 saturated carbocycles. The lowest BCUT2D eigenvalue weighted by molar-refractivity contribution is 0.414. The van der Waals surface area contributed by atoms with Gasteiger partial charge in [-0.3, -0.25) is 4.99 Å². The topological polar surface area (TPSA) is 74.2 Å². The molecule has 0 bridgehead atoms. The number of rotatable bonds is 7. The Labute approximate surface area is 160 Å². The highest BCUT2D eigenvalue weighted by molar-refractivity contribution is 7.99. The molecule has 1 fully saturated rings. The molecule has 1 saturated heterocycles. The van der Waals surface area contributed by atoms with Crippen LogP contribution in [0.3, 0.4) is 0 Å². The zero-order chi connectivity index (χ0) is 19.0. The molecule has 0 unspecified atom stereocenters. The number of aliphatic imine (C=N–C) groups is 1. The lowest BCUT2D eigenvalue weighted by Gasteiger charge is -2.26. The number of guanidine groups is 1. The highest BCUT2D eigenvalue weighted by Crippen LogP contribution is 2.14. The third-order valence-electron chi connectivity index (χ3n) is 4.16. The second-order valence-corrected chi connectivity index (χ2v) is 9.32. The quantitative estimate of drug-likeness (QED) is 0.545. The van der Waals surface area contributed by atoms with Crippen LogP contribution >= 0.6 is 11.8 Å². The van der Waals surface area contributed by atoms with Gasteiger partial charge < -0.3 is 15.0 Å². The largest absolute Gasteiger partial charge is 0.497 e. The molecule has 1 heterocycles. The summed E-state index contributed by atoms with van der Waals surface area (Å²) in [4.78, 5) is 6.21. The molecule has 1 aliphatic rings. The van der Waals surface area contributed by atoms with Gasteiger partial charge in [-0.25, -0.2) is 12.7 Å². The van der Waals surface area contributed by atoms with E-state index >= 15 is 0 Å². The van der Waals surface area contributed by atoms with Crippen molar-refractivity contribution < 1.29 is 13.2 Å². The minimum atomic E-state index is -3.21. The summed E-state index contributed by atoms with van der Waals surface area (Å²) in [5, 5.41) is 3.15. The fraction of sp³-hybridized carbons (Fsp3) is 0.588. The van der Waals surface area contributed by atoms with Gasteiger partial charge in [-0.1, -0.05) is 12.1 Å². The van der Waals surface area contributed by atoms with Gasteiger partial charge >= 0.3 is 0 Å². The SMILES string of the molecule is CN=C(NCCS(=O)(=O)N1CCSCC1)N(C)Cc1ccc(OC)cc1. The Hall–Kier alpha value is -1.45. The Balaban J connectivity index is 1.84. The number of ether oxygens (including phenoxy) is 1. The van der Waals surface area contributed by atoms with E-state index in [1.165, 1.54) is 0 Å². The van der Waals surface area contributed by atoms with Crippen molar-refractivity contribution in [2.45, 2.75) is 6.54 Å². The molecule has 1 aliphatic heterocycles. The average molecular weight is 401 g/mol. The minimum Gasteiger partial charge on any atom is -0.497 e. The summed E-state index contributed by atoms with van der Waals surface area (Å²) < 4.78 is 31.5. The lowest BCUT2D eigenvalue weighted by Crippen LogP contribution is -2.44. The van der Waals surface area contributed by atoms with Gasteiger partial charge in [0.05, 0.1) is 12.9 Å². The zero-order valence-electron chi connectivity index (χ0n) is 15.6. The average Bonchev–Trinajstić information content (AvgIpc) is 2.66. The van der Waals surface area contributed by atoms with Crippen LogP contribution in [0.1, 0.15) is 5.56 Å². The van der Waals surface area contributed by atoms with Crippen LogP contribution in [0, 0.1) is 0 Å². The lowest BCUT2D eigenvalue weighted by atomic mass is 10.2. The van der Waals surface area contributed by atoms with E-state index in [2.05, 4.69) is 10.3 Å². The summed E-state index contributed by atoms with van der Waals surface area (Å²) in [6.07, 6.45) is 0. The monoisotopic (exact) mass is 400 g/mol. The van der Waals surface area contributed by atoms with Gasteiger partial charge in [0, 0.05) is 51.8 Å². The Morgan fingerprint density at radius 1 is 1.31 bits per heavy atom. The van der Waals surface area contributed by atoms with E-state index in [9.17, 15) is 8.42 Å². The minimum absolute atomic E-state index is 0.0765. The number of hydrogen-bond acceptors (Lipinski definition) is 5. The molecule has 0 spiro atoms. The third-order valence-corrected chi connectivity index (χ3v) is 6.97. The number of benzene rings is 1. The molecule has 0 amide bonds. The summed E-state index contributed by atoms with van der Waals surface area (Å²) in [7, 11) is 2.06. The number of nitrogens with one attached hydrogen (secondary N) is 1. The molecule has 1 aromatic rings. The van der Waals surface area contributed by atoms with Crippen molar-refractivity contribution in [2.75, 3.05) is 58.1 Å². The van der Waals surface area contributed by atoms with Crippen LogP contribution in [-0.4, -0.2) is 81.7 Å². The smallest absolute Gasteiger partial charge is 0.215 e. The summed E-state index contributed by atoms with van der Waals surface area (Å²) in [6, 6.07) is 7.84. The maximum absolute atomic E-state index is 12.4. The van der Waals surface area contributed by atoms with E-state index in [0.717, 1.165) is 22.8 Å². The van der Waals surface area contributed by atoms with Crippen molar-refractivity contribution in [1.82, 2.24) is 14.5 Å². The molecule has 0 aliphatic carbocycles. The van der Waals surface area contributed by atoms with Crippen LogP contribution in [0.5, 0.6) is 5.75 Å². The van der Waals surface area contributed by atoms with Crippen molar-refractivity contribution in [3.8, 4) is 5.75 Å². The van der Waals surface area contributed by atoms with Crippen molar-refractivity contribution in [1.29, 1.82) is 0 Å². The third kappa shape index (κ3) is 6.07. The standard InChI is InChI=1S/C17H28N4O3S2/c1-18-17(20(2)14-15-4-6-16(24-3)7-5-15)19-8-13-26(22,23)21-9-11-25-12-10-21/h4-7H,8-14H2,1-3H3,(H,18,19). The molecule has 2 rings (SSSR count). The molecule has 1 aromatic carbocycles. The Bertz CT molecular complexity index is 686. The van der Waals surface area contributed by atoms with Crippen LogP contribution in [0.2, 0.25) is 0 Å². The van der Waals surface area contributed by atoms with Gasteiger partial charge in [-0.05, 0) is 17.7 Å². The van der Waals surface area contributed by atoms with Crippen molar-refractivity contribution >= 4 is 27.7 Å². The molecule has 1 N–H and O–H groups in total. The molecular weight excluding hydrogens is 372 g/mol. The van der Waals surface area contributed by atoms with Crippen LogP contribution in [0.15, 0.2) is 29.3 Å². The first kappa shape index (κ1) is 20.9. The molecule has 146 valence electrons. The van der Waals surface area contributed by atoms with Crippen LogP contribution in [0.4, 0.5) is 0 Å². The Morgan fingerprint density at radius 2 is 1.96 bits per heavy atom. The first-order chi connectivity index (χ1) is 12.5. The summed E-state index contributed by atoms with van der Waals surface area (Å²) >= 11 is 1.80. The highest BCUT2D eigenvalue weighted by Gasteiger charge is 2.23. The van der Waals surface area contributed by atoms with Crippen molar-refractivity contribution in [3.05, 3.63) is 29.8 Å². The summed E-state index contributed by atoms with van der Waals surface area (Å²) in [5.41, 5.74) is 1.12. The first-order valence-electron chi connectivity index (χ1n) is 8.56. The fourth-order valence-electron chi connectivity index (χ4n) is 2.71. The molecule has 26 heavy (non-hydrogen) atoms. The second-order valence-electron chi connectivity index (χ2n) is 6.01. The van der Waals surface area contributed by atoms with Crippen LogP contribution in [-0.2, 0) is 16.6 Å². The van der Waals surface area contributed by atoms with Crippen molar-refractivity contribution in [3.63, 3.8) is 0 Å². The summed E-state index contributed by atoms with van der Waals surface area (Å²) in [5.74, 6) is 3.32. The van der Waals surface area contributed by atoms with E-state index < -0.39 is 10.0 Å². The molecule has 9 heteroatoms.